The van der Waals surface area contributed by atoms with Crippen molar-refractivity contribution in [2.45, 2.75) is 373 Å². The molecule has 1 rings (SSSR count). The van der Waals surface area contributed by atoms with E-state index in [1.807, 2.05) is 0 Å². The molecule has 0 N–H and O–H groups in total. The van der Waals surface area contributed by atoms with Crippen LogP contribution < -0.4 is 0 Å². The summed E-state index contributed by atoms with van der Waals surface area (Å²) in [6.45, 7) is 2.31. The van der Waals surface area contributed by atoms with Gasteiger partial charge in [0.05, 0.1) is 0 Å². The van der Waals surface area contributed by atoms with E-state index in [1.165, 1.54) is 347 Å². The summed E-state index contributed by atoms with van der Waals surface area (Å²) < 4.78 is 0. The fraction of sp³-hybridized carbons (Fsp3) is 1.00. The summed E-state index contributed by atoms with van der Waals surface area (Å²) in [5, 5.41) is 0. The van der Waals surface area contributed by atoms with Gasteiger partial charge >= 0.3 is 0 Å². The fourth-order valence-electron chi connectivity index (χ4n) is 10.6. The Morgan fingerprint density at radius 2 is 0.339 bits per heavy atom. The van der Waals surface area contributed by atoms with Crippen molar-refractivity contribution in [3.05, 3.63) is 0 Å². The molecule has 0 aromatic carbocycles. The number of unbranched alkanes of at least 4 members (excludes halogenated alkanes) is 50. The van der Waals surface area contributed by atoms with Crippen molar-refractivity contribution in [3.8, 4) is 0 Å². The van der Waals surface area contributed by atoms with Crippen molar-refractivity contribution in [3.63, 3.8) is 0 Å². The van der Waals surface area contributed by atoms with Crippen LogP contribution in [0.2, 0.25) is 0 Å². The summed E-state index contributed by atoms with van der Waals surface area (Å²) in [7, 11) is 0. The first kappa shape index (κ1) is 57.0. The normalized spacial score (nSPS) is 13.6. The SMILES string of the molecule is CCCCCCCCCCCCCCCCCCCCCCCCCCCCCCCCCCCCCCCCCCCCCCCCCCCCCC1CCCCC1. The van der Waals surface area contributed by atoms with Gasteiger partial charge in [-0.15, -0.1) is 0 Å². The second kappa shape index (κ2) is 52.3. The lowest BCUT2D eigenvalue weighted by molar-refractivity contribution is 0.328. The van der Waals surface area contributed by atoms with Gasteiger partial charge in [-0.05, 0) is 5.92 Å². The highest BCUT2D eigenvalue weighted by atomic mass is 14.2. The van der Waals surface area contributed by atoms with Crippen molar-refractivity contribution in [2.24, 2.45) is 5.92 Å². The maximum atomic E-state index is 2.31. The Hall–Kier alpha value is 0. The summed E-state index contributed by atoms with van der Waals surface area (Å²) in [5.74, 6) is 1.10. The predicted molar refractivity (Wildman–Crippen MR) is 272 cm³/mol. The van der Waals surface area contributed by atoms with E-state index in [-0.39, 0.29) is 0 Å². The van der Waals surface area contributed by atoms with Crippen LogP contribution >= 0.6 is 0 Å². The zero-order chi connectivity index (χ0) is 41.9. The molecule has 0 heteroatoms. The van der Waals surface area contributed by atoms with E-state index in [0.29, 0.717) is 0 Å². The zero-order valence-corrected chi connectivity index (χ0v) is 41.9. The van der Waals surface area contributed by atoms with E-state index in [4.69, 9.17) is 0 Å². The first-order valence-electron chi connectivity index (χ1n) is 29.4. The van der Waals surface area contributed by atoms with Crippen LogP contribution in [0.1, 0.15) is 373 Å². The molecule has 0 bridgehead atoms. The molecule has 0 nitrogen and oxygen atoms in total. The molecule has 0 aromatic rings. The number of hydrogen-bond acceptors (Lipinski definition) is 0. The van der Waals surface area contributed by atoms with Crippen molar-refractivity contribution >= 4 is 0 Å². The van der Waals surface area contributed by atoms with Crippen molar-refractivity contribution in [1.29, 1.82) is 0 Å². The molecule has 1 fully saturated rings. The van der Waals surface area contributed by atoms with Crippen LogP contribution in [0, 0.1) is 5.92 Å². The highest BCUT2D eigenvalue weighted by Gasteiger charge is 2.12. The maximum absolute atomic E-state index is 2.31. The van der Waals surface area contributed by atoms with E-state index in [9.17, 15) is 0 Å². The summed E-state index contributed by atoms with van der Waals surface area (Å²) in [5.41, 5.74) is 0. The Morgan fingerprint density at radius 1 is 0.186 bits per heavy atom. The zero-order valence-electron chi connectivity index (χ0n) is 41.9. The molecule has 1 aliphatic rings. The molecule has 0 unspecified atom stereocenters. The molecule has 0 saturated heterocycles. The maximum Gasteiger partial charge on any atom is -0.0414 e. The van der Waals surface area contributed by atoms with Gasteiger partial charge in [0, 0.05) is 0 Å². The molecule has 0 spiro atoms. The van der Waals surface area contributed by atoms with E-state index in [2.05, 4.69) is 6.92 Å². The first-order chi connectivity index (χ1) is 29.4. The molecule has 0 heterocycles. The molecule has 0 aliphatic heterocycles. The van der Waals surface area contributed by atoms with Crippen LogP contribution in [0.25, 0.3) is 0 Å². The minimum Gasteiger partial charge on any atom is -0.0654 e. The topological polar surface area (TPSA) is 0 Å². The minimum atomic E-state index is 1.10. The lowest BCUT2D eigenvalue weighted by Gasteiger charge is -2.21. The van der Waals surface area contributed by atoms with E-state index in [1.54, 1.807) is 19.3 Å². The number of hydrogen-bond donors (Lipinski definition) is 0. The van der Waals surface area contributed by atoms with Gasteiger partial charge in [-0.3, -0.25) is 0 Å². The lowest BCUT2D eigenvalue weighted by Crippen LogP contribution is -2.05. The Morgan fingerprint density at radius 3 is 0.508 bits per heavy atom. The molecule has 0 radical (unpaired) electrons. The Kier molecular flexibility index (Phi) is 50.6. The van der Waals surface area contributed by atoms with Crippen LogP contribution in [0.15, 0.2) is 0 Å². The van der Waals surface area contributed by atoms with Crippen LogP contribution in [0.3, 0.4) is 0 Å². The van der Waals surface area contributed by atoms with Crippen LogP contribution in [-0.2, 0) is 0 Å². The van der Waals surface area contributed by atoms with Crippen molar-refractivity contribution in [1.82, 2.24) is 0 Å². The molecule has 354 valence electrons. The Bertz CT molecular complexity index is 703. The van der Waals surface area contributed by atoms with Gasteiger partial charge in [-0.25, -0.2) is 0 Å². The fourth-order valence-corrected chi connectivity index (χ4v) is 10.6. The molecule has 59 heavy (non-hydrogen) atoms. The summed E-state index contributed by atoms with van der Waals surface area (Å²) >= 11 is 0. The summed E-state index contributed by atoms with van der Waals surface area (Å²) in [4.78, 5) is 0. The van der Waals surface area contributed by atoms with Gasteiger partial charge in [0.1, 0.15) is 0 Å². The van der Waals surface area contributed by atoms with Crippen LogP contribution in [-0.4, -0.2) is 0 Å². The van der Waals surface area contributed by atoms with Crippen LogP contribution in [0.4, 0.5) is 0 Å². The second-order valence-electron chi connectivity index (χ2n) is 21.0. The average Bonchev–Trinajstić information content (AvgIpc) is 3.26. The Balaban J connectivity index is 1.59. The third kappa shape index (κ3) is 48.9. The van der Waals surface area contributed by atoms with Gasteiger partial charge in [0.15, 0.2) is 0 Å². The quantitative estimate of drug-likeness (QED) is 0.0536. The smallest absolute Gasteiger partial charge is 0.0414 e. The van der Waals surface area contributed by atoms with E-state index >= 15 is 0 Å². The highest BCUT2D eigenvalue weighted by molar-refractivity contribution is 4.66. The highest BCUT2D eigenvalue weighted by Crippen LogP contribution is 2.28. The van der Waals surface area contributed by atoms with E-state index < -0.39 is 0 Å². The van der Waals surface area contributed by atoms with Crippen LogP contribution in [0.5, 0.6) is 0 Å². The number of rotatable bonds is 52. The van der Waals surface area contributed by atoms with E-state index in [0.717, 1.165) is 5.92 Å². The lowest BCUT2D eigenvalue weighted by atomic mass is 9.85. The minimum absolute atomic E-state index is 1.10. The monoisotopic (exact) mass is 827 g/mol. The largest absolute Gasteiger partial charge is 0.0654 e. The Labute approximate surface area is 377 Å². The van der Waals surface area contributed by atoms with Gasteiger partial charge < -0.3 is 0 Å². The molecular formula is C59H118. The summed E-state index contributed by atoms with van der Waals surface area (Å²) in [6.07, 6.45) is 85.4. The molecular weight excluding hydrogens is 709 g/mol. The first-order valence-corrected chi connectivity index (χ1v) is 29.4. The third-order valence-electron chi connectivity index (χ3n) is 14.9. The molecule has 0 amide bonds. The predicted octanol–water partition coefficient (Wildman–Crippen LogP) is 22.9. The third-order valence-corrected chi connectivity index (χ3v) is 14.9. The van der Waals surface area contributed by atoms with Gasteiger partial charge in [-0.1, -0.05) is 373 Å². The van der Waals surface area contributed by atoms with Gasteiger partial charge in [-0.2, -0.15) is 0 Å². The van der Waals surface area contributed by atoms with Gasteiger partial charge in [0.25, 0.3) is 0 Å². The second-order valence-corrected chi connectivity index (χ2v) is 21.0. The molecule has 1 aliphatic carbocycles. The van der Waals surface area contributed by atoms with Crippen molar-refractivity contribution in [2.75, 3.05) is 0 Å². The average molecular weight is 828 g/mol. The molecule has 1 saturated carbocycles. The van der Waals surface area contributed by atoms with Gasteiger partial charge in [0.2, 0.25) is 0 Å². The molecule has 0 aromatic heterocycles. The standard InChI is InChI=1S/C59H118/c1-2-3-4-5-6-7-8-9-10-11-12-13-14-15-16-17-18-19-20-21-22-23-24-25-26-27-28-29-30-31-32-33-34-35-36-37-38-39-40-41-42-43-44-45-46-47-48-49-50-51-53-56-59-57-54-52-55-58-59/h59H,2-58H2,1H3. The molecule has 0 atom stereocenters. The van der Waals surface area contributed by atoms with Crippen molar-refractivity contribution < 1.29 is 0 Å². The summed E-state index contributed by atoms with van der Waals surface area (Å²) in [6, 6.07) is 0.